The Morgan fingerprint density at radius 3 is 2.72 bits per heavy atom. The number of hydrogen-bond donors (Lipinski definition) is 0. The SMILES string of the molecule is CCc1cn2cc(C)nc2c(N2CCOCC2)n1. The van der Waals surface area contributed by atoms with E-state index in [1.54, 1.807) is 0 Å². The largest absolute Gasteiger partial charge is 0.378 e. The van der Waals surface area contributed by atoms with Gasteiger partial charge >= 0.3 is 0 Å². The molecule has 2 aromatic rings. The number of rotatable bonds is 2. The first-order valence-corrected chi connectivity index (χ1v) is 6.46. The lowest BCUT2D eigenvalue weighted by molar-refractivity contribution is 0.122. The summed E-state index contributed by atoms with van der Waals surface area (Å²) in [6.45, 7) is 7.46. The average Bonchev–Trinajstić information content (AvgIpc) is 2.78. The molecule has 0 bridgehead atoms. The van der Waals surface area contributed by atoms with Crippen LogP contribution in [0.3, 0.4) is 0 Å². The second-order valence-corrected chi connectivity index (χ2v) is 4.62. The van der Waals surface area contributed by atoms with Gasteiger partial charge in [0.05, 0.1) is 24.6 Å². The number of hydrogen-bond acceptors (Lipinski definition) is 4. The smallest absolute Gasteiger partial charge is 0.180 e. The Bertz CT molecular complexity index is 557. The Kier molecular flexibility index (Phi) is 2.91. The quantitative estimate of drug-likeness (QED) is 0.804. The fraction of sp³-hybridized carbons (Fsp3) is 0.538. The number of morpholine rings is 1. The summed E-state index contributed by atoms with van der Waals surface area (Å²) in [5.41, 5.74) is 3.08. The highest BCUT2D eigenvalue weighted by Gasteiger charge is 2.17. The molecule has 18 heavy (non-hydrogen) atoms. The maximum absolute atomic E-state index is 5.40. The van der Waals surface area contributed by atoms with Crippen molar-refractivity contribution in [3.8, 4) is 0 Å². The second kappa shape index (κ2) is 4.57. The van der Waals surface area contributed by atoms with E-state index in [-0.39, 0.29) is 0 Å². The molecule has 3 rings (SSSR count). The molecule has 5 nitrogen and oxygen atoms in total. The van der Waals surface area contributed by atoms with Gasteiger partial charge in [0.15, 0.2) is 11.5 Å². The van der Waals surface area contributed by atoms with Crippen molar-refractivity contribution in [2.75, 3.05) is 31.2 Å². The summed E-state index contributed by atoms with van der Waals surface area (Å²) in [6.07, 6.45) is 5.06. The maximum Gasteiger partial charge on any atom is 0.180 e. The highest BCUT2D eigenvalue weighted by atomic mass is 16.5. The standard InChI is InChI=1S/C13H18N4O/c1-3-11-9-17-8-10(2)14-12(17)13(15-11)16-4-6-18-7-5-16/h8-9H,3-7H2,1-2H3. The highest BCUT2D eigenvalue weighted by molar-refractivity contribution is 5.65. The zero-order valence-electron chi connectivity index (χ0n) is 10.9. The number of aryl methyl sites for hydroxylation is 2. The Hall–Kier alpha value is -1.62. The lowest BCUT2D eigenvalue weighted by atomic mass is 10.3. The number of aromatic nitrogens is 3. The van der Waals surface area contributed by atoms with Gasteiger partial charge in [-0.15, -0.1) is 0 Å². The van der Waals surface area contributed by atoms with Crippen LogP contribution in [0.15, 0.2) is 12.4 Å². The van der Waals surface area contributed by atoms with Crippen LogP contribution >= 0.6 is 0 Å². The first-order chi connectivity index (χ1) is 8.78. The van der Waals surface area contributed by atoms with Crippen molar-refractivity contribution in [3.05, 3.63) is 23.8 Å². The molecule has 96 valence electrons. The Balaban J connectivity index is 2.12. The van der Waals surface area contributed by atoms with Crippen LogP contribution in [-0.2, 0) is 11.2 Å². The summed E-state index contributed by atoms with van der Waals surface area (Å²) in [6, 6.07) is 0. The summed E-state index contributed by atoms with van der Waals surface area (Å²) >= 11 is 0. The Labute approximate surface area is 106 Å². The van der Waals surface area contributed by atoms with E-state index in [0.717, 1.165) is 55.6 Å². The highest BCUT2D eigenvalue weighted by Crippen LogP contribution is 2.20. The third-order valence-electron chi connectivity index (χ3n) is 3.26. The van der Waals surface area contributed by atoms with E-state index < -0.39 is 0 Å². The number of fused-ring (bicyclic) bond motifs is 1. The molecule has 0 N–H and O–H groups in total. The third-order valence-corrected chi connectivity index (χ3v) is 3.26. The van der Waals surface area contributed by atoms with Gasteiger partial charge in [0.1, 0.15) is 0 Å². The predicted molar refractivity (Wildman–Crippen MR) is 70.1 cm³/mol. The molecule has 0 radical (unpaired) electrons. The van der Waals surface area contributed by atoms with Crippen LogP contribution in [0, 0.1) is 6.92 Å². The van der Waals surface area contributed by atoms with Gasteiger partial charge in [-0.3, -0.25) is 0 Å². The van der Waals surface area contributed by atoms with Gasteiger partial charge in [0, 0.05) is 25.5 Å². The molecule has 0 amide bonds. The second-order valence-electron chi connectivity index (χ2n) is 4.62. The van der Waals surface area contributed by atoms with Crippen LogP contribution in [0.2, 0.25) is 0 Å². The van der Waals surface area contributed by atoms with Crippen LogP contribution in [0.25, 0.3) is 5.65 Å². The lowest BCUT2D eigenvalue weighted by Crippen LogP contribution is -2.37. The zero-order valence-corrected chi connectivity index (χ0v) is 10.9. The van der Waals surface area contributed by atoms with Gasteiger partial charge in [0.25, 0.3) is 0 Å². The molecular weight excluding hydrogens is 228 g/mol. The molecule has 1 fully saturated rings. The molecule has 2 aromatic heterocycles. The van der Waals surface area contributed by atoms with Crippen LogP contribution in [0.1, 0.15) is 18.3 Å². The first kappa shape index (κ1) is 11.5. The minimum atomic E-state index is 0.768. The van der Waals surface area contributed by atoms with Crippen LogP contribution in [0.4, 0.5) is 5.82 Å². The average molecular weight is 246 g/mol. The third kappa shape index (κ3) is 1.95. The van der Waals surface area contributed by atoms with Crippen LogP contribution in [0.5, 0.6) is 0 Å². The van der Waals surface area contributed by atoms with Crippen molar-refractivity contribution in [2.24, 2.45) is 0 Å². The van der Waals surface area contributed by atoms with Gasteiger partial charge in [-0.05, 0) is 13.3 Å². The van der Waals surface area contributed by atoms with E-state index in [1.807, 2.05) is 6.92 Å². The van der Waals surface area contributed by atoms with Crippen molar-refractivity contribution in [3.63, 3.8) is 0 Å². The molecule has 0 atom stereocenters. The van der Waals surface area contributed by atoms with Crippen molar-refractivity contribution in [1.29, 1.82) is 0 Å². The van der Waals surface area contributed by atoms with Gasteiger partial charge in [-0.2, -0.15) is 0 Å². The van der Waals surface area contributed by atoms with E-state index in [4.69, 9.17) is 9.72 Å². The van der Waals surface area contributed by atoms with E-state index in [2.05, 4.69) is 33.6 Å². The fourth-order valence-electron chi connectivity index (χ4n) is 2.31. The topological polar surface area (TPSA) is 42.7 Å². The molecule has 1 aliphatic rings. The lowest BCUT2D eigenvalue weighted by Gasteiger charge is -2.28. The molecule has 0 aliphatic carbocycles. The van der Waals surface area contributed by atoms with Gasteiger partial charge < -0.3 is 14.0 Å². The Morgan fingerprint density at radius 2 is 2.00 bits per heavy atom. The molecule has 0 unspecified atom stereocenters. The molecule has 0 saturated carbocycles. The summed E-state index contributed by atoms with van der Waals surface area (Å²) in [4.78, 5) is 11.6. The summed E-state index contributed by atoms with van der Waals surface area (Å²) in [7, 11) is 0. The predicted octanol–water partition coefficient (Wildman–Crippen LogP) is 1.44. The van der Waals surface area contributed by atoms with Gasteiger partial charge in [0.2, 0.25) is 0 Å². The van der Waals surface area contributed by atoms with Crippen molar-refractivity contribution < 1.29 is 4.74 Å². The Morgan fingerprint density at radius 1 is 1.22 bits per heavy atom. The van der Waals surface area contributed by atoms with Crippen molar-refractivity contribution in [1.82, 2.24) is 14.4 Å². The molecule has 3 heterocycles. The number of ether oxygens (including phenoxy) is 1. The van der Waals surface area contributed by atoms with Gasteiger partial charge in [-0.1, -0.05) is 6.92 Å². The summed E-state index contributed by atoms with van der Waals surface area (Å²) < 4.78 is 7.49. The summed E-state index contributed by atoms with van der Waals surface area (Å²) in [5.74, 6) is 0.991. The van der Waals surface area contributed by atoms with Crippen LogP contribution < -0.4 is 4.90 Å². The molecular formula is C13H18N4O. The van der Waals surface area contributed by atoms with E-state index >= 15 is 0 Å². The monoisotopic (exact) mass is 246 g/mol. The first-order valence-electron chi connectivity index (χ1n) is 6.46. The molecule has 0 spiro atoms. The normalized spacial score (nSPS) is 16.4. The fourth-order valence-corrected chi connectivity index (χ4v) is 2.31. The number of anilines is 1. The van der Waals surface area contributed by atoms with E-state index in [0.29, 0.717) is 0 Å². The number of imidazole rings is 1. The van der Waals surface area contributed by atoms with Crippen molar-refractivity contribution >= 4 is 11.5 Å². The van der Waals surface area contributed by atoms with E-state index in [1.165, 1.54) is 0 Å². The summed E-state index contributed by atoms with van der Waals surface area (Å²) in [5, 5.41) is 0. The van der Waals surface area contributed by atoms with Crippen LogP contribution in [-0.4, -0.2) is 40.7 Å². The minimum absolute atomic E-state index is 0.768. The minimum Gasteiger partial charge on any atom is -0.378 e. The maximum atomic E-state index is 5.40. The van der Waals surface area contributed by atoms with Crippen molar-refractivity contribution in [2.45, 2.75) is 20.3 Å². The molecule has 5 heteroatoms. The zero-order chi connectivity index (χ0) is 12.5. The molecule has 0 aromatic carbocycles. The number of nitrogens with zero attached hydrogens (tertiary/aromatic N) is 4. The van der Waals surface area contributed by atoms with Gasteiger partial charge in [-0.25, -0.2) is 9.97 Å². The molecule has 1 saturated heterocycles. The van der Waals surface area contributed by atoms with E-state index in [9.17, 15) is 0 Å². The molecule has 1 aliphatic heterocycles.